The Morgan fingerprint density at radius 3 is 2.60 bits per heavy atom. The van der Waals surface area contributed by atoms with E-state index < -0.39 is 0 Å². The molecule has 20 heavy (non-hydrogen) atoms. The van der Waals surface area contributed by atoms with Gasteiger partial charge < -0.3 is 5.11 Å². The molecule has 0 fully saturated rings. The zero-order chi connectivity index (χ0) is 14.4. The molecule has 0 aliphatic carbocycles. The lowest BCUT2D eigenvalue weighted by Crippen LogP contribution is -2.12. The lowest BCUT2D eigenvalue weighted by atomic mass is 9.81. The summed E-state index contributed by atoms with van der Waals surface area (Å²) in [6.45, 7) is 0.00827. The van der Waals surface area contributed by atoms with Crippen molar-refractivity contribution in [3.63, 3.8) is 0 Å². The Labute approximate surface area is 123 Å². The first-order chi connectivity index (χ1) is 9.77. The predicted molar refractivity (Wildman–Crippen MR) is 78.5 cm³/mol. The van der Waals surface area contributed by atoms with Crippen molar-refractivity contribution in [1.82, 2.24) is 4.98 Å². The highest BCUT2D eigenvalue weighted by atomic mass is 35.5. The first-order valence-corrected chi connectivity index (χ1v) is 6.80. The molecule has 1 heterocycles. The number of benzene rings is 1. The summed E-state index contributed by atoms with van der Waals surface area (Å²) < 4.78 is 0. The van der Waals surface area contributed by atoms with Gasteiger partial charge in [0.1, 0.15) is 0 Å². The SMILES string of the molecule is N#C[C@H](c1ccccc1)[C@H](CCO)c1ccncc1Cl. The molecule has 102 valence electrons. The minimum Gasteiger partial charge on any atom is -0.396 e. The molecule has 0 aliphatic heterocycles. The summed E-state index contributed by atoms with van der Waals surface area (Å²) in [6, 6.07) is 13.7. The van der Waals surface area contributed by atoms with Gasteiger partial charge in [0.15, 0.2) is 0 Å². The fourth-order valence-corrected chi connectivity index (χ4v) is 2.64. The quantitative estimate of drug-likeness (QED) is 0.915. The van der Waals surface area contributed by atoms with Gasteiger partial charge in [-0.3, -0.25) is 4.98 Å². The lowest BCUT2D eigenvalue weighted by molar-refractivity contribution is 0.272. The first kappa shape index (κ1) is 14.5. The Kier molecular flexibility index (Phi) is 5.11. The summed E-state index contributed by atoms with van der Waals surface area (Å²) >= 11 is 6.19. The normalized spacial score (nSPS) is 13.4. The van der Waals surface area contributed by atoms with E-state index >= 15 is 0 Å². The van der Waals surface area contributed by atoms with E-state index in [9.17, 15) is 10.4 Å². The molecule has 4 heteroatoms. The van der Waals surface area contributed by atoms with E-state index in [0.29, 0.717) is 11.4 Å². The van der Waals surface area contributed by atoms with Crippen molar-refractivity contribution in [2.45, 2.75) is 18.3 Å². The molecule has 0 bridgehead atoms. The molecular weight excluding hydrogens is 272 g/mol. The van der Waals surface area contributed by atoms with Gasteiger partial charge >= 0.3 is 0 Å². The Morgan fingerprint density at radius 1 is 1.25 bits per heavy atom. The van der Waals surface area contributed by atoms with Crippen LogP contribution < -0.4 is 0 Å². The maximum atomic E-state index is 9.54. The number of aliphatic hydroxyl groups excluding tert-OH is 1. The second-order valence-corrected chi connectivity index (χ2v) is 4.94. The Hall–Kier alpha value is -1.89. The van der Waals surface area contributed by atoms with Crippen LogP contribution in [-0.2, 0) is 0 Å². The lowest BCUT2D eigenvalue weighted by Gasteiger charge is -2.23. The maximum absolute atomic E-state index is 9.54. The van der Waals surface area contributed by atoms with Crippen molar-refractivity contribution in [3.8, 4) is 6.07 Å². The van der Waals surface area contributed by atoms with E-state index in [1.54, 1.807) is 12.4 Å². The molecule has 0 radical (unpaired) electrons. The Bertz CT molecular complexity index is 595. The molecule has 1 aromatic carbocycles. The third kappa shape index (κ3) is 3.16. The van der Waals surface area contributed by atoms with E-state index in [4.69, 9.17) is 11.6 Å². The second-order valence-electron chi connectivity index (χ2n) is 4.53. The Morgan fingerprint density at radius 2 is 2.00 bits per heavy atom. The average Bonchev–Trinajstić information content (AvgIpc) is 2.49. The number of aromatic nitrogens is 1. The summed E-state index contributed by atoms with van der Waals surface area (Å²) in [5.41, 5.74) is 1.78. The minimum absolute atomic E-state index is 0.00827. The highest BCUT2D eigenvalue weighted by molar-refractivity contribution is 6.31. The van der Waals surface area contributed by atoms with Crippen LogP contribution in [0.2, 0.25) is 5.02 Å². The van der Waals surface area contributed by atoms with Crippen LogP contribution in [0, 0.1) is 11.3 Å². The first-order valence-electron chi connectivity index (χ1n) is 6.42. The van der Waals surface area contributed by atoms with Gasteiger partial charge in [-0.2, -0.15) is 5.26 Å². The summed E-state index contributed by atoms with van der Waals surface area (Å²) in [4.78, 5) is 3.97. The van der Waals surface area contributed by atoms with Gasteiger partial charge in [-0.25, -0.2) is 0 Å². The van der Waals surface area contributed by atoms with Crippen LogP contribution in [0.3, 0.4) is 0 Å². The summed E-state index contributed by atoms with van der Waals surface area (Å²) in [6.07, 6.45) is 3.71. The predicted octanol–water partition coefficient (Wildman–Crippen LogP) is 3.51. The second kappa shape index (κ2) is 7.04. The van der Waals surface area contributed by atoms with Gasteiger partial charge in [0.25, 0.3) is 0 Å². The van der Waals surface area contributed by atoms with Crippen LogP contribution in [0.25, 0.3) is 0 Å². The smallest absolute Gasteiger partial charge is 0.0782 e. The standard InChI is InChI=1S/C16H15ClN2O/c17-16-11-19-8-6-14(16)13(7-9-20)15(10-18)12-4-2-1-3-5-12/h1-6,8,11,13,15,20H,7,9H2/t13-,15-/m1/s1. The number of nitrogens with zero attached hydrogens (tertiary/aromatic N) is 2. The van der Waals surface area contributed by atoms with Crippen molar-refractivity contribution >= 4 is 11.6 Å². The fourth-order valence-electron chi connectivity index (χ4n) is 2.38. The van der Waals surface area contributed by atoms with E-state index in [-0.39, 0.29) is 18.4 Å². The summed E-state index contributed by atoms with van der Waals surface area (Å²) in [7, 11) is 0. The van der Waals surface area contributed by atoms with Crippen LogP contribution >= 0.6 is 11.6 Å². The van der Waals surface area contributed by atoms with Crippen LogP contribution in [0.15, 0.2) is 48.8 Å². The number of halogens is 1. The number of hydrogen-bond donors (Lipinski definition) is 1. The van der Waals surface area contributed by atoms with Gasteiger partial charge in [0, 0.05) is 24.9 Å². The zero-order valence-corrected chi connectivity index (χ0v) is 11.7. The molecule has 0 unspecified atom stereocenters. The van der Waals surface area contributed by atoms with Crippen molar-refractivity contribution in [2.75, 3.05) is 6.61 Å². The summed E-state index contributed by atoms with van der Waals surface area (Å²) in [5, 5.41) is 19.4. The number of pyridine rings is 1. The minimum atomic E-state index is -0.344. The van der Waals surface area contributed by atoms with Crippen molar-refractivity contribution in [3.05, 3.63) is 64.9 Å². The van der Waals surface area contributed by atoms with Crippen molar-refractivity contribution in [1.29, 1.82) is 5.26 Å². The van der Waals surface area contributed by atoms with Crippen LogP contribution in [0.1, 0.15) is 29.4 Å². The monoisotopic (exact) mass is 286 g/mol. The molecule has 0 aliphatic rings. The molecule has 1 N–H and O–H groups in total. The Balaban J connectivity index is 2.42. The topological polar surface area (TPSA) is 56.9 Å². The number of hydrogen-bond acceptors (Lipinski definition) is 3. The molecule has 1 aromatic heterocycles. The van der Waals surface area contributed by atoms with Crippen LogP contribution in [0.4, 0.5) is 0 Å². The van der Waals surface area contributed by atoms with Gasteiger partial charge in [-0.05, 0) is 23.6 Å². The molecule has 0 saturated carbocycles. The number of aliphatic hydroxyl groups is 1. The van der Waals surface area contributed by atoms with E-state index in [0.717, 1.165) is 11.1 Å². The average molecular weight is 287 g/mol. The van der Waals surface area contributed by atoms with E-state index in [2.05, 4.69) is 11.1 Å². The van der Waals surface area contributed by atoms with Gasteiger partial charge in [-0.15, -0.1) is 0 Å². The fraction of sp³-hybridized carbons (Fsp3) is 0.250. The summed E-state index contributed by atoms with van der Waals surface area (Å²) in [5.74, 6) is -0.494. The molecule has 2 atom stereocenters. The molecular formula is C16H15ClN2O. The molecule has 0 saturated heterocycles. The van der Waals surface area contributed by atoms with E-state index in [1.807, 2.05) is 36.4 Å². The van der Waals surface area contributed by atoms with Crippen LogP contribution in [0.5, 0.6) is 0 Å². The van der Waals surface area contributed by atoms with Gasteiger partial charge in [0.05, 0.1) is 17.0 Å². The molecule has 2 rings (SSSR count). The highest BCUT2D eigenvalue weighted by Gasteiger charge is 2.26. The van der Waals surface area contributed by atoms with Crippen molar-refractivity contribution in [2.24, 2.45) is 0 Å². The third-order valence-corrected chi connectivity index (χ3v) is 3.66. The van der Waals surface area contributed by atoms with Crippen LogP contribution in [-0.4, -0.2) is 16.7 Å². The highest BCUT2D eigenvalue weighted by Crippen LogP contribution is 2.37. The van der Waals surface area contributed by atoms with E-state index in [1.165, 1.54) is 0 Å². The number of rotatable bonds is 5. The maximum Gasteiger partial charge on any atom is 0.0782 e. The van der Waals surface area contributed by atoms with Crippen molar-refractivity contribution < 1.29 is 5.11 Å². The largest absolute Gasteiger partial charge is 0.396 e. The van der Waals surface area contributed by atoms with Gasteiger partial charge in [-0.1, -0.05) is 41.9 Å². The molecule has 2 aromatic rings. The molecule has 0 spiro atoms. The zero-order valence-electron chi connectivity index (χ0n) is 10.9. The number of nitriles is 1. The molecule has 0 amide bonds. The van der Waals surface area contributed by atoms with Gasteiger partial charge in [0.2, 0.25) is 0 Å². The molecule has 3 nitrogen and oxygen atoms in total. The third-order valence-electron chi connectivity index (χ3n) is 3.34.